The molecular formula is C32H37FN2O5S. The molecule has 1 heterocycles. The molecule has 0 aliphatic rings. The van der Waals surface area contributed by atoms with Crippen LogP contribution in [0.2, 0.25) is 0 Å². The predicted molar refractivity (Wildman–Crippen MR) is 160 cm³/mol. The number of esters is 1. The maximum atomic E-state index is 14.1. The van der Waals surface area contributed by atoms with Crippen molar-refractivity contribution in [3.63, 3.8) is 0 Å². The van der Waals surface area contributed by atoms with Crippen LogP contribution in [0, 0.1) is 0 Å². The highest BCUT2D eigenvalue weighted by atomic mass is 32.2. The zero-order valence-corrected chi connectivity index (χ0v) is 24.7. The number of ether oxygens (including phenoxy) is 2. The summed E-state index contributed by atoms with van der Waals surface area (Å²) < 4.78 is 46.3. The van der Waals surface area contributed by atoms with Gasteiger partial charge in [-0.15, -0.1) is 4.72 Å². The molecule has 0 saturated carbocycles. The summed E-state index contributed by atoms with van der Waals surface area (Å²) in [5.74, 6) is 0.243. The van der Waals surface area contributed by atoms with Gasteiger partial charge in [0.15, 0.2) is 0 Å². The number of halogens is 1. The molecule has 1 unspecified atom stereocenters. The topological polar surface area (TPSA) is 110 Å². The van der Waals surface area contributed by atoms with Crippen molar-refractivity contribution in [2.45, 2.75) is 58.1 Å². The number of alkyl halides is 1. The minimum absolute atomic E-state index is 0.0939. The third-order valence-electron chi connectivity index (χ3n) is 6.57. The summed E-state index contributed by atoms with van der Waals surface area (Å²) in [5, 5.41) is 0.892. The highest BCUT2D eigenvalue weighted by Crippen LogP contribution is 2.34. The minimum atomic E-state index is -1.43. The average molecular weight is 581 g/mol. The van der Waals surface area contributed by atoms with Gasteiger partial charge in [0.1, 0.15) is 35.4 Å². The Balaban J connectivity index is 1.63. The molecule has 0 aliphatic heterocycles. The van der Waals surface area contributed by atoms with E-state index in [9.17, 15) is 13.7 Å². The minimum Gasteiger partial charge on any atom is -0.598 e. The molecule has 1 aromatic heterocycles. The fraction of sp³-hybridized carbons (Fsp3) is 0.344. The van der Waals surface area contributed by atoms with Crippen molar-refractivity contribution in [2.75, 3.05) is 13.3 Å². The zero-order valence-electron chi connectivity index (χ0n) is 23.9. The number of hydrogen-bond donors (Lipinski definition) is 2. The third-order valence-corrected chi connectivity index (χ3v) is 8.18. The van der Waals surface area contributed by atoms with E-state index in [0.29, 0.717) is 30.0 Å². The van der Waals surface area contributed by atoms with Crippen molar-refractivity contribution in [2.24, 2.45) is 5.73 Å². The van der Waals surface area contributed by atoms with E-state index in [-0.39, 0.29) is 19.0 Å². The number of nitrogens with two attached hydrogens (primary N) is 1. The Hall–Kier alpha value is -3.37. The smallest absolute Gasteiger partial charge is 0.310 e. The Morgan fingerprint density at radius 1 is 1.12 bits per heavy atom. The Morgan fingerprint density at radius 3 is 2.63 bits per heavy atom. The molecule has 41 heavy (non-hydrogen) atoms. The fourth-order valence-corrected chi connectivity index (χ4v) is 5.21. The van der Waals surface area contributed by atoms with Crippen molar-refractivity contribution < 1.29 is 27.6 Å². The second-order valence-corrected chi connectivity index (χ2v) is 12.7. The molecule has 0 bridgehead atoms. The lowest BCUT2D eigenvalue weighted by Gasteiger charge is -2.27. The Kier molecular flexibility index (Phi) is 10.1. The number of rotatable bonds is 12. The van der Waals surface area contributed by atoms with Crippen molar-refractivity contribution in [1.29, 1.82) is 0 Å². The predicted octanol–water partition coefficient (Wildman–Crippen LogP) is 6.31. The quantitative estimate of drug-likeness (QED) is 0.149. The molecule has 4 rings (SSSR count). The van der Waals surface area contributed by atoms with Crippen LogP contribution in [-0.4, -0.2) is 28.6 Å². The number of nitrogens with one attached hydrogen (secondary N) is 1. The van der Waals surface area contributed by atoms with E-state index in [2.05, 4.69) is 4.72 Å². The van der Waals surface area contributed by atoms with Gasteiger partial charge in [0.2, 0.25) is 0 Å². The summed E-state index contributed by atoms with van der Waals surface area (Å²) in [6, 6.07) is 18.2. The van der Waals surface area contributed by atoms with Gasteiger partial charge in [0.25, 0.3) is 0 Å². The lowest BCUT2D eigenvalue weighted by atomic mass is 9.97. The normalized spacial score (nSPS) is 13.2. The SMILES string of the molecule is CCOC(=O)Cc1ccc(CN)cc1OCc1cc(-c2cccc([C@H](CF)N[S+]([O-])C(C)(C)C)c2)c2occc2c1. The highest BCUT2D eigenvalue weighted by molar-refractivity contribution is 7.90. The average Bonchev–Trinajstić information content (AvgIpc) is 3.43. The van der Waals surface area contributed by atoms with E-state index in [1.807, 2.05) is 81.4 Å². The van der Waals surface area contributed by atoms with E-state index in [0.717, 1.165) is 33.2 Å². The maximum absolute atomic E-state index is 14.1. The first-order valence-corrected chi connectivity index (χ1v) is 14.7. The third kappa shape index (κ3) is 7.68. The van der Waals surface area contributed by atoms with Gasteiger partial charge in [0, 0.05) is 34.4 Å². The van der Waals surface area contributed by atoms with Crippen LogP contribution in [-0.2, 0) is 40.5 Å². The van der Waals surface area contributed by atoms with Gasteiger partial charge >= 0.3 is 5.97 Å². The van der Waals surface area contributed by atoms with E-state index < -0.39 is 28.8 Å². The van der Waals surface area contributed by atoms with Crippen LogP contribution in [0.25, 0.3) is 22.1 Å². The Morgan fingerprint density at radius 2 is 1.93 bits per heavy atom. The first-order valence-electron chi connectivity index (χ1n) is 13.6. The summed E-state index contributed by atoms with van der Waals surface area (Å²) in [4.78, 5) is 12.2. The molecule has 0 saturated heterocycles. The fourth-order valence-electron chi connectivity index (χ4n) is 4.39. The Bertz CT molecular complexity index is 1480. The summed E-state index contributed by atoms with van der Waals surface area (Å²) in [6.07, 6.45) is 1.72. The largest absolute Gasteiger partial charge is 0.598 e. The van der Waals surface area contributed by atoms with Crippen molar-refractivity contribution in [3.05, 3.63) is 89.2 Å². The summed E-state index contributed by atoms with van der Waals surface area (Å²) in [5.41, 5.74) is 11.4. The van der Waals surface area contributed by atoms with Gasteiger partial charge in [-0.2, -0.15) is 0 Å². The molecule has 7 nitrogen and oxygen atoms in total. The van der Waals surface area contributed by atoms with E-state index in [4.69, 9.17) is 19.6 Å². The molecule has 0 amide bonds. The van der Waals surface area contributed by atoms with Gasteiger partial charge in [0.05, 0.1) is 19.3 Å². The number of carbonyl (C=O) groups excluding carboxylic acids is 1. The number of hydrogen-bond acceptors (Lipinski definition) is 7. The highest BCUT2D eigenvalue weighted by Gasteiger charge is 2.30. The first-order chi connectivity index (χ1) is 19.6. The summed E-state index contributed by atoms with van der Waals surface area (Å²) in [7, 11) is 0. The number of benzene rings is 3. The molecular weight excluding hydrogens is 543 g/mol. The number of fused-ring (bicyclic) bond motifs is 1. The van der Waals surface area contributed by atoms with Crippen LogP contribution < -0.4 is 15.2 Å². The molecule has 2 atom stereocenters. The molecule has 3 N–H and O–H groups in total. The van der Waals surface area contributed by atoms with Gasteiger partial charge < -0.3 is 24.2 Å². The molecule has 9 heteroatoms. The molecule has 0 spiro atoms. The van der Waals surface area contributed by atoms with Crippen LogP contribution in [0.3, 0.4) is 0 Å². The Labute approximate surface area is 243 Å². The van der Waals surface area contributed by atoms with Gasteiger partial charge in [-0.1, -0.05) is 30.3 Å². The second-order valence-electron chi connectivity index (χ2n) is 10.7. The molecule has 218 valence electrons. The molecule has 0 fully saturated rings. The van der Waals surface area contributed by atoms with Crippen LogP contribution in [0.5, 0.6) is 5.75 Å². The second kappa shape index (κ2) is 13.5. The molecule has 0 aliphatic carbocycles. The van der Waals surface area contributed by atoms with Crippen molar-refractivity contribution >= 4 is 28.3 Å². The van der Waals surface area contributed by atoms with Crippen LogP contribution in [0.4, 0.5) is 4.39 Å². The van der Waals surface area contributed by atoms with Crippen LogP contribution in [0.1, 0.15) is 56.0 Å². The molecule has 4 aromatic rings. The maximum Gasteiger partial charge on any atom is 0.310 e. The molecule has 0 radical (unpaired) electrons. The van der Waals surface area contributed by atoms with E-state index in [1.54, 1.807) is 13.2 Å². The van der Waals surface area contributed by atoms with Crippen LogP contribution >= 0.6 is 0 Å². The monoisotopic (exact) mass is 580 g/mol. The first kappa shape index (κ1) is 30.6. The summed E-state index contributed by atoms with van der Waals surface area (Å²) in [6.45, 7) is 7.48. The lowest BCUT2D eigenvalue weighted by Crippen LogP contribution is -2.41. The molecule has 3 aromatic carbocycles. The van der Waals surface area contributed by atoms with Gasteiger partial charge in [-0.3, -0.25) is 4.79 Å². The van der Waals surface area contributed by atoms with Crippen molar-refractivity contribution in [1.82, 2.24) is 4.72 Å². The van der Waals surface area contributed by atoms with Gasteiger partial charge in [-0.05, 0) is 80.3 Å². The van der Waals surface area contributed by atoms with E-state index in [1.165, 1.54) is 0 Å². The van der Waals surface area contributed by atoms with E-state index >= 15 is 0 Å². The van der Waals surface area contributed by atoms with Gasteiger partial charge in [-0.25, -0.2) is 4.39 Å². The summed E-state index contributed by atoms with van der Waals surface area (Å²) >= 11 is -1.43. The van der Waals surface area contributed by atoms with Crippen molar-refractivity contribution in [3.8, 4) is 16.9 Å². The zero-order chi connectivity index (χ0) is 29.6. The number of furan rings is 1. The van der Waals surface area contributed by atoms with Crippen LogP contribution in [0.15, 0.2) is 71.3 Å². The lowest BCUT2D eigenvalue weighted by molar-refractivity contribution is -0.142. The standard InChI is InChI=1S/C32H37FN2O5S/c1-5-38-30(36)17-25-10-9-21(19-34)15-29(25)40-20-22-13-26-11-12-39-31(26)27(14-22)23-7-6-8-24(16-23)28(18-33)35-41(37)32(2,3)4/h6-16,28,35H,5,17-20,34H2,1-4H3/t28-,41?/m0/s1. The number of carbonyl (C=O) groups is 1.